The zero-order valence-electron chi connectivity index (χ0n) is 17.7. The van der Waals surface area contributed by atoms with Crippen molar-refractivity contribution in [3.63, 3.8) is 0 Å². The number of ether oxygens (including phenoxy) is 1. The maximum atomic E-state index is 13.2. The molecule has 2 aromatic carbocycles. The largest absolute Gasteiger partial charge is 0.573 e. The first kappa shape index (κ1) is 24.3. The SMILES string of the molecule is CNc1ccc(C(=O)N(N(C)C(=O)c2ccc(Cl)cc2OC(F)(F)F)C(C)(C)C)cc1. The lowest BCUT2D eigenvalue weighted by atomic mass is 10.1. The summed E-state index contributed by atoms with van der Waals surface area (Å²) in [5, 5.41) is 5.05. The number of hydrazine groups is 1. The molecule has 0 aliphatic rings. The molecule has 10 heteroatoms. The number of carbonyl (C=O) groups is 2. The Morgan fingerprint density at radius 2 is 1.58 bits per heavy atom. The van der Waals surface area contributed by atoms with Crippen LogP contribution in [0.4, 0.5) is 18.9 Å². The maximum Gasteiger partial charge on any atom is 0.573 e. The number of nitrogens with zero attached hydrogens (tertiary/aromatic N) is 2. The molecular weight excluding hydrogens is 435 g/mol. The lowest BCUT2D eigenvalue weighted by Gasteiger charge is -2.41. The molecule has 0 saturated heterocycles. The van der Waals surface area contributed by atoms with Gasteiger partial charge in [-0.15, -0.1) is 13.2 Å². The Bertz CT molecular complexity index is 957. The molecular formula is C21H23ClF3N3O3. The summed E-state index contributed by atoms with van der Waals surface area (Å²) in [5.41, 5.74) is -0.174. The number of alkyl halides is 3. The summed E-state index contributed by atoms with van der Waals surface area (Å²) in [4.78, 5) is 26.3. The summed E-state index contributed by atoms with van der Waals surface area (Å²) in [7, 11) is 3.04. The van der Waals surface area contributed by atoms with Gasteiger partial charge >= 0.3 is 6.36 Å². The Labute approximate surface area is 183 Å². The van der Waals surface area contributed by atoms with E-state index in [9.17, 15) is 22.8 Å². The van der Waals surface area contributed by atoms with E-state index < -0.39 is 35.0 Å². The van der Waals surface area contributed by atoms with Crippen LogP contribution in [-0.4, -0.2) is 47.8 Å². The van der Waals surface area contributed by atoms with Crippen molar-refractivity contribution in [1.82, 2.24) is 10.0 Å². The fourth-order valence-corrected chi connectivity index (χ4v) is 3.10. The summed E-state index contributed by atoms with van der Waals surface area (Å²) < 4.78 is 42.4. The normalized spacial score (nSPS) is 11.6. The Balaban J connectivity index is 2.45. The van der Waals surface area contributed by atoms with Gasteiger partial charge in [0.2, 0.25) is 0 Å². The van der Waals surface area contributed by atoms with Gasteiger partial charge in [-0.1, -0.05) is 11.6 Å². The van der Waals surface area contributed by atoms with Gasteiger partial charge in [0.1, 0.15) is 5.75 Å². The number of hydrogen-bond acceptors (Lipinski definition) is 4. The fourth-order valence-electron chi connectivity index (χ4n) is 2.94. The molecule has 1 N–H and O–H groups in total. The number of nitrogens with one attached hydrogen (secondary N) is 1. The van der Waals surface area contributed by atoms with Crippen LogP contribution in [-0.2, 0) is 0 Å². The highest BCUT2D eigenvalue weighted by molar-refractivity contribution is 6.30. The molecule has 168 valence electrons. The van der Waals surface area contributed by atoms with Gasteiger partial charge in [-0.3, -0.25) is 9.59 Å². The topological polar surface area (TPSA) is 61.9 Å². The Morgan fingerprint density at radius 3 is 2.06 bits per heavy atom. The van der Waals surface area contributed by atoms with E-state index in [1.165, 1.54) is 18.1 Å². The van der Waals surface area contributed by atoms with Crippen LogP contribution in [0, 0.1) is 0 Å². The second kappa shape index (κ2) is 9.05. The van der Waals surface area contributed by atoms with Gasteiger partial charge in [0, 0.05) is 30.4 Å². The standard InChI is InChI=1S/C21H23ClF3N3O3/c1-20(2,3)28(18(29)13-6-9-15(26-4)10-7-13)27(5)19(30)16-11-8-14(22)12-17(16)31-21(23,24)25/h6-12,26H,1-5H3. The van der Waals surface area contributed by atoms with Crippen molar-refractivity contribution in [1.29, 1.82) is 0 Å². The first-order chi connectivity index (χ1) is 14.2. The predicted molar refractivity (Wildman–Crippen MR) is 112 cm³/mol. The summed E-state index contributed by atoms with van der Waals surface area (Å²) in [6.07, 6.45) is -5.02. The van der Waals surface area contributed by atoms with Gasteiger partial charge in [-0.05, 0) is 63.2 Å². The average Bonchev–Trinajstić information content (AvgIpc) is 2.65. The van der Waals surface area contributed by atoms with E-state index in [0.29, 0.717) is 5.56 Å². The monoisotopic (exact) mass is 457 g/mol. The second-order valence-corrected chi connectivity index (χ2v) is 8.07. The average molecular weight is 458 g/mol. The predicted octanol–water partition coefficient (Wildman–Crippen LogP) is 5.21. The number of benzene rings is 2. The molecule has 0 atom stereocenters. The molecule has 0 heterocycles. The van der Waals surface area contributed by atoms with E-state index in [1.807, 2.05) is 0 Å². The van der Waals surface area contributed by atoms with Gasteiger partial charge in [0.05, 0.1) is 11.1 Å². The Kier molecular flexibility index (Phi) is 7.10. The third-order valence-corrected chi connectivity index (χ3v) is 4.48. The van der Waals surface area contributed by atoms with Crippen LogP contribution in [0.1, 0.15) is 41.5 Å². The number of anilines is 1. The van der Waals surface area contributed by atoms with E-state index in [-0.39, 0.29) is 5.02 Å². The molecule has 0 bridgehead atoms. The van der Waals surface area contributed by atoms with Crippen LogP contribution in [0.3, 0.4) is 0 Å². The van der Waals surface area contributed by atoms with Crippen molar-refractivity contribution >= 4 is 29.1 Å². The number of hydrogen-bond donors (Lipinski definition) is 1. The molecule has 0 fully saturated rings. The maximum absolute atomic E-state index is 13.2. The molecule has 0 unspecified atom stereocenters. The first-order valence-electron chi connectivity index (χ1n) is 9.20. The minimum atomic E-state index is -5.02. The van der Waals surface area contributed by atoms with Gasteiger partial charge in [0.25, 0.3) is 11.8 Å². The quantitative estimate of drug-likeness (QED) is 0.640. The van der Waals surface area contributed by atoms with E-state index in [1.54, 1.807) is 52.1 Å². The highest BCUT2D eigenvalue weighted by Gasteiger charge is 2.37. The molecule has 0 aliphatic carbocycles. The summed E-state index contributed by atoms with van der Waals surface area (Å²) in [6.45, 7) is 5.10. The molecule has 0 aromatic heterocycles. The van der Waals surface area contributed by atoms with E-state index >= 15 is 0 Å². The second-order valence-electron chi connectivity index (χ2n) is 7.63. The van der Waals surface area contributed by atoms with Gasteiger partial charge in [0.15, 0.2) is 0 Å². The Hall–Kier alpha value is -2.94. The van der Waals surface area contributed by atoms with Crippen molar-refractivity contribution < 1.29 is 27.5 Å². The van der Waals surface area contributed by atoms with Gasteiger partial charge < -0.3 is 10.1 Å². The van der Waals surface area contributed by atoms with Crippen molar-refractivity contribution in [3.8, 4) is 5.75 Å². The summed E-state index contributed by atoms with van der Waals surface area (Å²) >= 11 is 5.78. The van der Waals surface area contributed by atoms with E-state index in [4.69, 9.17) is 11.6 Å². The zero-order chi connectivity index (χ0) is 23.6. The minimum Gasteiger partial charge on any atom is -0.405 e. The molecule has 0 saturated carbocycles. The van der Waals surface area contributed by atoms with Crippen LogP contribution < -0.4 is 10.1 Å². The molecule has 0 aliphatic heterocycles. The third kappa shape index (κ3) is 6.04. The molecule has 2 rings (SSSR count). The number of rotatable bonds is 4. The highest BCUT2D eigenvalue weighted by Crippen LogP contribution is 2.31. The van der Waals surface area contributed by atoms with Crippen molar-refractivity contribution in [2.75, 3.05) is 19.4 Å². The van der Waals surface area contributed by atoms with Crippen LogP contribution in [0.25, 0.3) is 0 Å². The lowest BCUT2D eigenvalue weighted by molar-refractivity contribution is -0.274. The minimum absolute atomic E-state index is 0.0353. The van der Waals surface area contributed by atoms with Crippen LogP contribution in [0.2, 0.25) is 5.02 Å². The molecule has 0 spiro atoms. The Morgan fingerprint density at radius 1 is 1.00 bits per heavy atom. The first-order valence-corrected chi connectivity index (χ1v) is 9.58. The smallest absolute Gasteiger partial charge is 0.405 e. The van der Waals surface area contributed by atoms with Gasteiger partial charge in [-0.25, -0.2) is 10.0 Å². The molecule has 31 heavy (non-hydrogen) atoms. The lowest BCUT2D eigenvalue weighted by Crippen LogP contribution is -2.56. The molecule has 2 amide bonds. The highest BCUT2D eigenvalue weighted by atomic mass is 35.5. The molecule has 6 nitrogen and oxygen atoms in total. The van der Waals surface area contributed by atoms with Crippen molar-refractivity contribution in [3.05, 3.63) is 58.6 Å². The number of halogens is 4. The van der Waals surface area contributed by atoms with Gasteiger partial charge in [-0.2, -0.15) is 0 Å². The van der Waals surface area contributed by atoms with E-state index in [2.05, 4.69) is 10.1 Å². The molecule has 2 aromatic rings. The van der Waals surface area contributed by atoms with Crippen LogP contribution in [0.5, 0.6) is 5.75 Å². The number of carbonyl (C=O) groups excluding carboxylic acids is 2. The van der Waals surface area contributed by atoms with Crippen LogP contribution in [0.15, 0.2) is 42.5 Å². The summed E-state index contributed by atoms with van der Waals surface area (Å²) in [6, 6.07) is 9.86. The van der Waals surface area contributed by atoms with E-state index in [0.717, 1.165) is 22.8 Å². The van der Waals surface area contributed by atoms with Crippen molar-refractivity contribution in [2.24, 2.45) is 0 Å². The number of amides is 2. The molecule has 0 radical (unpaired) electrons. The zero-order valence-corrected chi connectivity index (χ0v) is 18.4. The third-order valence-electron chi connectivity index (χ3n) is 4.24. The van der Waals surface area contributed by atoms with Crippen molar-refractivity contribution in [2.45, 2.75) is 32.7 Å². The summed E-state index contributed by atoms with van der Waals surface area (Å²) in [5.74, 6) is -2.12. The fraction of sp³-hybridized carbons (Fsp3) is 0.333. The van der Waals surface area contributed by atoms with Crippen LogP contribution >= 0.6 is 11.6 Å².